The van der Waals surface area contributed by atoms with Gasteiger partial charge in [-0.3, -0.25) is 9.69 Å². The van der Waals surface area contributed by atoms with Gasteiger partial charge in [-0.1, -0.05) is 29.5 Å². The second-order valence-electron chi connectivity index (χ2n) is 7.70. The molecule has 0 aliphatic carbocycles. The van der Waals surface area contributed by atoms with Gasteiger partial charge in [0.1, 0.15) is 0 Å². The van der Waals surface area contributed by atoms with Crippen LogP contribution in [0.5, 0.6) is 0 Å². The van der Waals surface area contributed by atoms with Crippen LogP contribution in [-0.2, 0) is 16.4 Å². The molecule has 2 aromatic carbocycles. The number of sulfone groups is 1. The van der Waals surface area contributed by atoms with Crippen molar-refractivity contribution in [1.82, 2.24) is 14.5 Å². The Morgan fingerprint density at radius 3 is 2.69 bits per heavy atom. The predicted molar refractivity (Wildman–Crippen MR) is 127 cm³/mol. The number of rotatable bonds is 8. The number of hydrogen-bond acceptors (Lipinski definition) is 6. The molecule has 0 aliphatic rings. The van der Waals surface area contributed by atoms with Gasteiger partial charge >= 0.3 is 0 Å². The van der Waals surface area contributed by atoms with Gasteiger partial charge < -0.3 is 4.57 Å². The molecular weight excluding hydrogens is 444 g/mol. The number of para-hydroxylation sites is 1. The summed E-state index contributed by atoms with van der Waals surface area (Å²) in [7, 11) is -3.48. The summed E-state index contributed by atoms with van der Waals surface area (Å²) in [6.45, 7) is 4.41. The molecule has 32 heavy (non-hydrogen) atoms. The number of thiazole rings is 1. The number of amides is 1. The van der Waals surface area contributed by atoms with E-state index in [-0.39, 0.29) is 10.8 Å². The SMILES string of the molecule is CC(C)S(=O)(=O)c1cccc(C(=O)N(CCCn2ccnc2)c2nc3ccccc3s2)c1. The van der Waals surface area contributed by atoms with Gasteiger partial charge in [-0.2, -0.15) is 0 Å². The molecule has 4 rings (SSSR count). The predicted octanol–water partition coefficient (Wildman–Crippen LogP) is 4.41. The van der Waals surface area contributed by atoms with Crippen molar-refractivity contribution in [3.05, 3.63) is 72.8 Å². The first-order valence-corrected chi connectivity index (χ1v) is 12.7. The first kappa shape index (κ1) is 22.2. The number of hydrogen-bond donors (Lipinski definition) is 0. The van der Waals surface area contributed by atoms with Gasteiger partial charge in [-0.25, -0.2) is 18.4 Å². The van der Waals surface area contributed by atoms with Crippen LogP contribution in [0, 0.1) is 0 Å². The first-order valence-electron chi connectivity index (χ1n) is 10.3. The number of imidazole rings is 1. The van der Waals surface area contributed by atoms with E-state index < -0.39 is 15.1 Å². The number of benzene rings is 2. The van der Waals surface area contributed by atoms with Gasteiger partial charge in [0.2, 0.25) is 0 Å². The zero-order valence-electron chi connectivity index (χ0n) is 17.9. The lowest BCUT2D eigenvalue weighted by atomic mass is 10.2. The number of nitrogens with zero attached hydrogens (tertiary/aromatic N) is 4. The number of aromatic nitrogens is 3. The minimum atomic E-state index is -3.48. The minimum absolute atomic E-state index is 0.154. The summed E-state index contributed by atoms with van der Waals surface area (Å²) in [4.78, 5) is 24.1. The van der Waals surface area contributed by atoms with Crippen LogP contribution in [0.15, 0.2) is 72.1 Å². The fourth-order valence-corrected chi connectivity index (χ4v) is 5.42. The maximum Gasteiger partial charge on any atom is 0.260 e. The maximum absolute atomic E-state index is 13.5. The molecule has 0 aliphatic heterocycles. The average Bonchev–Trinajstić information content (AvgIpc) is 3.46. The van der Waals surface area contributed by atoms with Crippen molar-refractivity contribution in [2.24, 2.45) is 0 Å². The molecule has 0 spiro atoms. The monoisotopic (exact) mass is 468 g/mol. The number of carbonyl (C=O) groups is 1. The maximum atomic E-state index is 13.5. The summed E-state index contributed by atoms with van der Waals surface area (Å²) in [5.74, 6) is -0.268. The van der Waals surface area contributed by atoms with Crippen molar-refractivity contribution < 1.29 is 13.2 Å². The van der Waals surface area contributed by atoms with E-state index in [0.717, 1.165) is 10.2 Å². The van der Waals surface area contributed by atoms with Crippen LogP contribution in [0.1, 0.15) is 30.6 Å². The largest absolute Gasteiger partial charge is 0.337 e. The molecule has 2 aromatic heterocycles. The van der Waals surface area contributed by atoms with Gasteiger partial charge in [0.15, 0.2) is 15.0 Å². The third-order valence-corrected chi connectivity index (χ3v) is 8.36. The summed E-state index contributed by atoms with van der Waals surface area (Å²) in [5.41, 5.74) is 1.16. The molecule has 0 saturated heterocycles. The van der Waals surface area contributed by atoms with Gasteiger partial charge in [-0.05, 0) is 50.6 Å². The normalized spacial score (nSPS) is 11.8. The average molecular weight is 469 g/mol. The molecule has 0 atom stereocenters. The van der Waals surface area contributed by atoms with E-state index in [1.165, 1.54) is 23.5 Å². The molecule has 0 unspecified atom stereocenters. The summed E-state index contributed by atoms with van der Waals surface area (Å²) in [6.07, 6.45) is 6.04. The Hall–Kier alpha value is -3.04. The van der Waals surface area contributed by atoms with E-state index in [0.29, 0.717) is 30.2 Å². The fourth-order valence-electron chi connectivity index (χ4n) is 3.32. The lowest BCUT2D eigenvalue weighted by Gasteiger charge is -2.20. The summed E-state index contributed by atoms with van der Waals surface area (Å²) >= 11 is 1.45. The molecular formula is C23H24N4O3S2. The van der Waals surface area contributed by atoms with Crippen LogP contribution in [0.2, 0.25) is 0 Å². The Morgan fingerprint density at radius 1 is 1.16 bits per heavy atom. The van der Waals surface area contributed by atoms with Crippen LogP contribution < -0.4 is 4.90 Å². The molecule has 0 bridgehead atoms. The number of anilines is 1. The molecule has 7 nitrogen and oxygen atoms in total. The molecule has 0 fully saturated rings. The molecule has 0 saturated carbocycles. The minimum Gasteiger partial charge on any atom is -0.337 e. The molecule has 4 aromatic rings. The van der Waals surface area contributed by atoms with Gasteiger partial charge in [-0.15, -0.1) is 0 Å². The quantitative estimate of drug-likeness (QED) is 0.382. The second kappa shape index (κ2) is 9.22. The van der Waals surface area contributed by atoms with E-state index in [1.54, 1.807) is 43.4 Å². The van der Waals surface area contributed by atoms with Gasteiger partial charge in [0.25, 0.3) is 5.91 Å². The Balaban J connectivity index is 1.66. The van der Waals surface area contributed by atoms with Crippen molar-refractivity contribution in [2.45, 2.75) is 37.0 Å². The van der Waals surface area contributed by atoms with Crippen LogP contribution in [0.25, 0.3) is 10.2 Å². The highest BCUT2D eigenvalue weighted by molar-refractivity contribution is 7.92. The van der Waals surface area contributed by atoms with Crippen molar-refractivity contribution in [3.8, 4) is 0 Å². The molecule has 1 amide bonds. The molecule has 2 heterocycles. The topological polar surface area (TPSA) is 85.2 Å². The van der Waals surface area contributed by atoms with Crippen LogP contribution in [-0.4, -0.2) is 40.7 Å². The van der Waals surface area contributed by atoms with Crippen LogP contribution in [0.4, 0.5) is 5.13 Å². The van der Waals surface area contributed by atoms with E-state index in [1.807, 2.05) is 35.0 Å². The lowest BCUT2D eigenvalue weighted by molar-refractivity contribution is 0.0986. The molecule has 0 radical (unpaired) electrons. The van der Waals surface area contributed by atoms with Gasteiger partial charge in [0, 0.05) is 31.0 Å². The van der Waals surface area contributed by atoms with Crippen LogP contribution in [0.3, 0.4) is 0 Å². The third kappa shape index (κ3) is 4.58. The van der Waals surface area contributed by atoms with E-state index in [9.17, 15) is 13.2 Å². The Morgan fingerprint density at radius 2 is 1.97 bits per heavy atom. The fraction of sp³-hybridized carbons (Fsp3) is 0.261. The molecule has 0 N–H and O–H groups in total. The Bertz CT molecular complexity index is 1300. The van der Waals surface area contributed by atoms with Crippen LogP contribution >= 0.6 is 11.3 Å². The highest BCUT2D eigenvalue weighted by Crippen LogP contribution is 2.30. The number of fused-ring (bicyclic) bond motifs is 1. The first-order chi connectivity index (χ1) is 15.4. The summed E-state index contributed by atoms with van der Waals surface area (Å²) in [5, 5.41) is 0.0300. The highest BCUT2D eigenvalue weighted by atomic mass is 32.2. The lowest BCUT2D eigenvalue weighted by Crippen LogP contribution is -2.32. The Kier molecular flexibility index (Phi) is 6.38. The smallest absolute Gasteiger partial charge is 0.260 e. The van der Waals surface area contributed by atoms with Crippen molar-refractivity contribution in [2.75, 3.05) is 11.4 Å². The third-order valence-electron chi connectivity index (χ3n) is 5.15. The molecule has 166 valence electrons. The Labute approximate surface area is 191 Å². The van der Waals surface area contributed by atoms with E-state index >= 15 is 0 Å². The number of carbonyl (C=O) groups excluding carboxylic acids is 1. The van der Waals surface area contributed by atoms with E-state index in [2.05, 4.69) is 9.97 Å². The van der Waals surface area contributed by atoms with Crippen molar-refractivity contribution in [1.29, 1.82) is 0 Å². The highest BCUT2D eigenvalue weighted by Gasteiger charge is 2.24. The zero-order chi connectivity index (χ0) is 22.7. The summed E-state index contributed by atoms with van der Waals surface area (Å²) in [6, 6.07) is 14.0. The second-order valence-corrected chi connectivity index (χ2v) is 11.2. The molecule has 9 heteroatoms. The number of aryl methyl sites for hydroxylation is 1. The summed E-state index contributed by atoms with van der Waals surface area (Å²) < 4.78 is 28.2. The van der Waals surface area contributed by atoms with Crippen molar-refractivity contribution >= 4 is 42.4 Å². The van der Waals surface area contributed by atoms with Crippen molar-refractivity contribution in [3.63, 3.8) is 0 Å². The standard InChI is InChI=1S/C23H24N4O3S2/c1-17(2)32(29,30)19-8-5-7-18(15-19)22(28)27(13-6-12-26-14-11-24-16-26)23-25-20-9-3-4-10-21(20)31-23/h3-5,7-11,14-17H,6,12-13H2,1-2H3. The van der Waals surface area contributed by atoms with Gasteiger partial charge in [0.05, 0.1) is 26.7 Å². The van der Waals surface area contributed by atoms with E-state index in [4.69, 9.17) is 0 Å². The zero-order valence-corrected chi connectivity index (χ0v) is 19.5.